The lowest BCUT2D eigenvalue weighted by Gasteiger charge is -2.01. The third kappa shape index (κ3) is 1.78. The van der Waals surface area contributed by atoms with Crippen molar-refractivity contribution in [3.8, 4) is 0 Å². The van der Waals surface area contributed by atoms with E-state index in [1.165, 1.54) is 5.56 Å². The number of nitrogens with zero attached hydrogens (tertiary/aromatic N) is 2. The van der Waals surface area contributed by atoms with Gasteiger partial charge < -0.3 is 8.82 Å². The largest absolute Gasteiger partial charge is 0.469 e. The predicted molar refractivity (Wildman–Crippen MR) is 69.1 cm³/mol. The summed E-state index contributed by atoms with van der Waals surface area (Å²) in [7, 11) is 0. The van der Waals surface area contributed by atoms with Crippen molar-refractivity contribution in [3.05, 3.63) is 58.5 Å². The SMILES string of the molecule is Cc1cccn2c(Cc3ccco3)nc(Br)c12. The third-order valence-corrected chi connectivity index (χ3v) is 3.36. The number of hydrogen-bond acceptors (Lipinski definition) is 2. The number of furan rings is 1. The second-order valence-electron chi connectivity index (χ2n) is 3.98. The van der Waals surface area contributed by atoms with Crippen molar-refractivity contribution in [1.82, 2.24) is 9.38 Å². The van der Waals surface area contributed by atoms with Gasteiger partial charge in [-0.3, -0.25) is 0 Å². The van der Waals surface area contributed by atoms with E-state index in [2.05, 4.69) is 38.3 Å². The maximum absolute atomic E-state index is 5.36. The van der Waals surface area contributed by atoms with E-state index < -0.39 is 0 Å². The van der Waals surface area contributed by atoms with E-state index in [1.807, 2.05) is 24.4 Å². The molecule has 3 aromatic heterocycles. The van der Waals surface area contributed by atoms with E-state index >= 15 is 0 Å². The maximum Gasteiger partial charge on any atom is 0.132 e. The van der Waals surface area contributed by atoms with Gasteiger partial charge in [-0.05, 0) is 46.6 Å². The van der Waals surface area contributed by atoms with Gasteiger partial charge in [-0.1, -0.05) is 6.07 Å². The Morgan fingerprint density at radius 1 is 1.35 bits per heavy atom. The smallest absolute Gasteiger partial charge is 0.132 e. The lowest BCUT2D eigenvalue weighted by molar-refractivity contribution is 0.516. The van der Waals surface area contributed by atoms with Gasteiger partial charge in [0.15, 0.2) is 0 Å². The lowest BCUT2D eigenvalue weighted by Crippen LogP contribution is -1.95. The minimum atomic E-state index is 0.698. The van der Waals surface area contributed by atoms with E-state index in [9.17, 15) is 0 Å². The highest BCUT2D eigenvalue weighted by Crippen LogP contribution is 2.23. The standard InChI is InChI=1S/C13H11BrN2O/c1-9-4-2-6-16-11(15-13(14)12(9)16)8-10-5-3-7-17-10/h2-7H,8H2,1H3. The van der Waals surface area contributed by atoms with E-state index in [0.29, 0.717) is 6.42 Å². The molecule has 86 valence electrons. The molecule has 0 aliphatic rings. The molecule has 17 heavy (non-hydrogen) atoms. The van der Waals surface area contributed by atoms with Crippen LogP contribution in [0.1, 0.15) is 17.1 Å². The molecule has 0 bridgehead atoms. The van der Waals surface area contributed by atoms with Gasteiger partial charge in [0.2, 0.25) is 0 Å². The van der Waals surface area contributed by atoms with E-state index in [1.54, 1.807) is 6.26 Å². The van der Waals surface area contributed by atoms with Gasteiger partial charge in [-0.2, -0.15) is 0 Å². The highest BCUT2D eigenvalue weighted by atomic mass is 79.9. The summed E-state index contributed by atoms with van der Waals surface area (Å²) in [6, 6.07) is 7.97. The second kappa shape index (κ2) is 4.04. The van der Waals surface area contributed by atoms with Crippen molar-refractivity contribution >= 4 is 21.4 Å². The van der Waals surface area contributed by atoms with Crippen LogP contribution in [0.3, 0.4) is 0 Å². The molecule has 0 aliphatic carbocycles. The fourth-order valence-electron chi connectivity index (χ4n) is 2.01. The summed E-state index contributed by atoms with van der Waals surface area (Å²) < 4.78 is 8.34. The predicted octanol–water partition coefficient (Wildman–Crippen LogP) is 3.59. The van der Waals surface area contributed by atoms with E-state index in [0.717, 1.165) is 21.7 Å². The quantitative estimate of drug-likeness (QED) is 0.722. The number of aromatic nitrogens is 2. The summed E-state index contributed by atoms with van der Waals surface area (Å²) >= 11 is 3.51. The third-order valence-electron chi connectivity index (χ3n) is 2.81. The molecular formula is C13H11BrN2O. The van der Waals surface area contributed by atoms with E-state index in [4.69, 9.17) is 4.42 Å². The molecule has 0 aromatic carbocycles. The van der Waals surface area contributed by atoms with Crippen LogP contribution >= 0.6 is 15.9 Å². The Balaban J connectivity index is 2.15. The van der Waals surface area contributed by atoms with Crippen LogP contribution in [0.15, 0.2) is 45.7 Å². The maximum atomic E-state index is 5.36. The first-order valence-electron chi connectivity index (χ1n) is 5.40. The molecular weight excluding hydrogens is 280 g/mol. The zero-order valence-corrected chi connectivity index (χ0v) is 10.9. The molecule has 0 radical (unpaired) electrons. The van der Waals surface area contributed by atoms with Crippen molar-refractivity contribution in [1.29, 1.82) is 0 Å². The van der Waals surface area contributed by atoms with Crippen molar-refractivity contribution < 1.29 is 4.42 Å². The molecule has 4 heteroatoms. The molecule has 0 aliphatic heterocycles. The normalized spacial score (nSPS) is 11.2. The van der Waals surface area contributed by atoms with Crippen LogP contribution in [0.4, 0.5) is 0 Å². The number of halogens is 1. The molecule has 0 spiro atoms. The first-order valence-corrected chi connectivity index (χ1v) is 6.19. The van der Waals surface area contributed by atoms with Crippen LogP contribution in [0.2, 0.25) is 0 Å². The Bertz CT molecular complexity index is 655. The highest BCUT2D eigenvalue weighted by Gasteiger charge is 2.11. The zero-order valence-electron chi connectivity index (χ0n) is 9.35. The molecule has 0 amide bonds. The molecule has 3 aromatic rings. The second-order valence-corrected chi connectivity index (χ2v) is 4.74. The number of imidazole rings is 1. The van der Waals surface area contributed by atoms with Gasteiger partial charge in [0.25, 0.3) is 0 Å². The number of aryl methyl sites for hydroxylation is 1. The Hall–Kier alpha value is -1.55. The number of fused-ring (bicyclic) bond motifs is 1. The van der Waals surface area contributed by atoms with Gasteiger partial charge >= 0.3 is 0 Å². The van der Waals surface area contributed by atoms with Crippen molar-refractivity contribution in [2.75, 3.05) is 0 Å². The average Bonchev–Trinajstić information content (AvgIpc) is 2.90. The van der Waals surface area contributed by atoms with Gasteiger partial charge in [0.05, 0.1) is 18.2 Å². The summed E-state index contributed by atoms with van der Waals surface area (Å²) in [5.41, 5.74) is 2.33. The Morgan fingerprint density at radius 2 is 2.24 bits per heavy atom. The van der Waals surface area contributed by atoms with Gasteiger partial charge in [-0.25, -0.2) is 4.98 Å². The highest BCUT2D eigenvalue weighted by molar-refractivity contribution is 9.10. The molecule has 0 atom stereocenters. The molecule has 0 saturated heterocycles. The topological polar surface area (TPSA) is 30.4 Å². The summed E-state index contributed by atoms with van der Waals surface area (Å²) in [5, 5.41) is 0. The van der Waals surface area contributed by atoms with Crippen molar-refractivity contribution in [3.63, 3.8) is 0 Å². The Kier molecular flexibility index (Phi) is 2.52. The molecule has 0 unspecified atom stereocenters. The fraction of sp³-hybridized carbons (Fsp3) is 0.154. The fourth-order valence-corrected chi connectivity index (χ4v) is 2.72. The summed E-state index contributed by atoms with van der Waals surface area (Å²) in [6.45, 7) is 2.08. The number of pyridine rings is 1. The van der Waals surface area contributed by atoms with Crippen molar-refractivity contribution in [2.45, 2.75) is 13.3 Å². The lowest BCUT2D eigenvalue weighted by atomic mass is 10.2. The van der Waals surface area contributed by atoms with Gasteiger partial charge in [0.1, 0.15) is 16.2 Å². The minimum absolute atomic E-state index is 0.698. The Labute approximate surface area is 107 Å². The zero-order chi connectivity index (χ0) is 11.8. The number of hydrogen-bond donors (Lipinski definition) is 0. The molecule has 0 saturated carbocycles. The monoisotopic (exact) mass is 290 g/mol. The first-order chi connectivity index (χ1) is 8.25. The summed E-state index contributed by atoms with van der Waals surface area (Å²) in [5.74, 6) is 1.90. The summed E-state index contributed by atoms with van der Waals surface area (Å²) in [4.78, 5) is 4.55. The molecule has 0 fully saturated rings. The van der Waals surface area contributed by atoms with Crippen LogP contribution in [-0.4, -0.2) is 9.38 Å². The number of rotatable bonds is 2. The summed E-state index contributed by atoms with van der Waals surface area (Å²) in [6.07, 6.45) is 4.41. The van der Waals surface area contributed by atoms with Crippen LogP contribution in [0.25, 0.3) is 5.52 Å². The van der Waals surface area contributed by atoms with Crippen LogP contribution in [0.5, 0.6) is 0 Å². The van der Waals surface area contributed by atoms with Crippen LogP contribution < -0.4 is 0 Å². The van der Waals surface area contributed by atoms with Gasteiger partial charge in [0, 0.05) is 6.20 Å². The average molecular weight is 291 g/mol. The minimum Gasteiger partial charge on any atom is -0.469 e. The molecule has 3 nitrogen and oxygen atoms in total. The molecule has 3 rings (SSSR count). The van der Waals surface area contributed by atoms with Crippen LogP contribution in [0, 0.1) is 6.92 Å². The van der Waals surface area contributed by atoms with Gasteiger partial charge in [-0.15, -0.1) is 0 Å². The first kappa shape index (κ1) is 10.6. The van der Waals surface area contributed by atoms with Crippen LogP contribution in [-0.2, 0) is 6.42 Å². The molecule has 0 N–H and O–H groups in total. The Morgan fingerprint density at radius 3 is 3.00 bits per heavy atom. The van der Waals surface area contributed by atoms with E-state index in [-0.39, 0.29) is 0 Å². The van der Waals surface area contributed by atoms with Crippen molar-refractivity contribution in [2.24, 2.45) is 0 Å². The molecule has 3 heterocycles.